The average Bonchev–Trinajstić information content (AvgIpc) is 3.27. The predicted octanol–water partition coefficient (Wildman–Crippen LogP) is 7.48. The number of rotatable bonds is 9. The van der Waals surface area contributed by atoms with Crippen LogP contribution >= 0.6 is 0 Å². The summed E-state index contributed by atoms with van der Waals surface area (Å²) in [6.45, 7) is 12.2. The van der Waals surface area contributed by atoms with Crippen LogP contribution in [0.15, 0.2) is 42.0 Å². The number of carbonyl (C=O) groups excluding carboxylic acids is 1. The number of fused-ring (bicyclic) bond motifs is 5. The maximum Gasteiger partial charge on any atom is 0.323 e. The van der Waals surface area contributed by atoms with E-state index >= 15 is 0 Å². The van der Waals surface area contributed by atoms with E-state index in [1.54, 1.807) is 0 Å². The summed E-state index contributed by atoms with van der Waals surface area (Å²) < 4.78 is 6.31. The smallest absolute Gasteiger partial charge is 0.323 e. The van der Waals surface area contributed by atoms with E-state index in [9.17, 15) is 9.90 Å². The van der Waals surface area contributed by atoms with Crippen molar-refractivity contribution in [2.75, 3.05) is 0 Å². The molecular weight excluding hydrogens is 494 g/mol. The van der Waals surface area contributed by atoms with Crippen LogP contribution in [0.1, 0.15) is 104 Å². The first kappa shape index (κ1) is 29.8. The highest BCUT2D eigenvalue weighted by atomic mass is 16.5. The number of hydrogen-bond donors (Lipinski definition) is 2. The molecule has 10 atom stereocenters. The molecule has 1 unspecified atom stereocenters. The van der Waals surface area contributed by atoms with Crippen molar-refractivity contribution < 1.29 is 14.6 Å². The second-order valence-corrected chi connectivity index (χ2v) is 15.0. The monoisotopic (exact) mass is 549 g/mol. The first-order chi connectivity index (χ1) is 19.0. The quantitative estimate of drug-likeness (QED) is 0.247. The molecule has 1 aromatic rings. The van der Waals surface area contributed by atoms with Gasteiger partial charge < -0.3 is 15.6 Å². The Morgan fingerprint density at radius 1 is 1.07 bits per heavy atom. The van der Waals surface area contributed by atoms with E-state index in [-0.39, 0.29) is 17.5 Å². The number of esters is 1. The maximum atomic E-state index is 13.3. The molecule has 40 heavy (non-hydrogen) atoms. The van der Waals surface area contributed by atoms with E-state index in [0.717, 1.165) is 35.7 Å². The largest absolute Gasteiger partial charge is 0.460 e. The van der Waals surface area contributed by atoms with Gasteiger partial charge in [-0.1, -0.05) is 95.9 Å². The molecule has 4 aliphatic rings. The predicted molar refractivity (Wildman–Crippen MR) is 162 cm³/mol. The molecule has 3 N–H and O–H groups in total. The lowest BCUT2D eigenvalue weighted by Gasteiger charge is -2.60. The van der Waals surface area contributed by atoms with E-state index in [4.69, 9.17) is 10.5 Å². The van der Waals surface area contributed by atoms with Crippen LogP contribution in [-0.2, 0) is 16.0 Å². The van der Waals surface area contributed by atoms with Crippen molar-refractivity contribution in [3.8, 4) is 0 Å². The molecular formula is C36H55NO3. The third-order valence-electron chi connectivity index (χ3n) is 12.2. The molecule has 0 spiro atoms. The second-order valence-electron chi connectivity index (χ2n) is 15.0. The summed E-state index contributed by atoms with van der Waals surface area (Å²) in [5.74, 6) is 3.94. The Morgan fingerprint density at radius 2 is 1.82 bits per heavy atom. The van der Waals surface area contributed by atoms with Gasteiger partial charge >= 0.3 is 5.97 Å². The van der Waals surface area contributed by atoms with Crippen molar-refractivity contribution in [3.05, 3.63) is 47.5 Å². The normalized spacial score (nSPS) is 38.5. The van der Waals surface area contributed by atoms with Gasteiger partial charge in [-0.2, -0.15) is 0 Å². The molecule has 1 aromatic carbocycles. The molecule has 0 radical (unpaired) electrons. The summed E-state index contributed by atoms with van der Waals surface area (Å²) in [5.41, 5.74) is 8.94. The number of allylic oxidation sites excluding steroid dienone is 1. The zero-order valence-corrected chi connectivity index (χ0v) is 25.8. The highest BCUT2D eigenvalue weighted by Gasteiger charge is 2.61. The molecule has 0 bridgehead atoms. The molecule has 0 amide bonds. The lowest BCUT2D eigenvalue weighted by molar-refractivity contribution is -0.170. The Kier molecular flexibility index (Phi) is 8.89. The van der Waals surface area contributed by atoms with Crippen LogP contribution in [0.2, 0.25) is 0 Å². The number of hydrogen-bond acceptors (Lipinski definition) is 4. The molecule has 0 aromatic heterocycles. The van der Waals surface area contributed by atoms with Crippen LogP contribution in [0.25, 0.3) is 0 Å². The Balaban J connectivity index is 1.32. The zero-order chi connectivity index (χ0) is 28.7. The summed E-state index contributed by atoms with van der Waals surface area (Å²) in [6, 6.07) is 9.23. The molecule has 0 saturated heterocycles. The van der Waals surface area contributed by atoms with E-state index in [2.05, 4.69) is 40.7 Å². The number of aliphatic hydroxyl groups is 1. The molecule has 4 nitrogen and oxygen atoms in total. The fourth-order valence-corrected chi connectivity index (χ4v) is 10.0. The molecule has 4 aliphatic carbocycles. The zero-order valence-electron chi connectivity index (χ0n) is 25.8. The average molecular weight is 550 g/mol. The lowest BCUT2D eigenvalue weighted by atomic mass is 9.46. The lowest BCUT2D eigenvalue weighted by Crippen LogP contribution is -2.57. The van der Waals surface area contributed by atoms with Gasteiger partial charge in [0.25, 0.3) is 0 Å². The minimum atomic E-state index is -0.695. The molecule has 0 heterocycles. The first-order valence-corrected chi connectivity index (χ1v) is 16.4. The van der Waals surface area contributed by atoms with Crippen LogP contribution in [-0.4, -0.2) is 29.3 Å². The van der Waals surface area contributed by atoms with Crippen molar-refractivity contribution in [2.24, 2.45) is 52.1 Å². The summed E-state index contributed by atoms with van der Waals surface area (Å²) in [7, 11) is 0. The minimum Gasteiger partial charge on any atom is -0.460 e. The molecule has 222 valence electrons. The van der Waals surface area contributed by atoms with Gasteiger partial charge in [0.2, 0.25) is 0 Å². The van der Waals surface area contributed by atoms with Crippen molar-refractivity contribution in [3.63, 3.8) is 0 Å². The number of benzene rings is 1. The maximum absolute atomic E-state index is 13.3. The summed E-state index contributed by atoms with van der Waals surface area (Å²) in [5, 5.41) is 10.8. The summed E-state index contributed by atoms with van der Waals surface area (Å²) in [4.78, 5) is 13.3. The molecule has 5 rings (SSSR count). The van der Waals surface area contributed by atoms with Crippen molar-refractivity contribution in [2.45, 2.75) is 123 Å². The van der Waals surface area contributed by atoms with Crippen molar-refractivity contribution in [1.29, 1.82) is 0 Å². The van der Waals surface area contributed by atoms with Crippen LogP contribution < -0.4 is 5.73 Å². The molecule has 4 heteroatoms. The van der Waals surface area contributed by atoms with E-state index < -0.39 is 12.1 Å². The van der Waals surface area contributed by atoms with Crippen molar-refractivity contribution in [1.82, 2.24) is 0 Å². The van der Waals surface area contributed by atoms with Crippen LogP contribution in [0.3, 0.4) is 0 Å². The van der Waals surface area contributed by atoms with Crippen molar-refractivity contribution >= 4 is 5.97 Å². The summed E-state index contributed by atoms with van der Waals surface area (Å²) >= 11 is 0. The Hall–Kier alpha value is -1.65. The van der Waals surface area contributed by atoms with Gasteiger partial charge in [0, 0.05) is 11.8 Å². The minimum absolute atomic E-state index is 0.216. The highest BCUT2D eigenvalue weighted by molar-refractivity contribution is 5.76. The van der Waals surface area contributed by atoms with Gasteiger partial charge in [-0.3, -0.25) is 4.79 Å². The topological polar surface area (TPSA) is 72.5 Å². The fourth-order valence-electron chi connectivity index (χ4n) is 10.0. The third kappa shape index (κ3) is 5.56. The molecule has 3 saturated carbocycles. The van der Waals surface area contributed by atoms with Gasteiger partial charge in [-0.05, 0) is 91.4 Å². The third-order valence-corrected chi connectivity index (χ3v) is 12.2. The van der Waals surface area contributed by atoms with Gasteiger partial charge in [-0.15, -0.1) is 0 Å². The molecule has 3 fully saturated rings. The van der Waals surface area contributed by atoms with E-state index in [0.29, 0.717) is 36.5 Å². The Labute approximate surface area is 243 Å². The Morgan fingerprint density at radius 3 is 2.55 bits per heavy atom. The summed E-state index contributed by atoms with van der Waals surface area (Å²) in [6.07, 6.45) is 13.7. The highest BCUT2D eigenvalue weighted by Crippen LogP contribution is 2.67. The second kappa shape index (κ2) is 11.9. The standard InChI is InChI=1S/C36H55NO3/c1-23(2)10-9-11-24(3)29-16-17-30-28-15-14-26-21-27(38)22-33(36(26,5)31(28)18-19-35(29,30)4)40-34(39)32(37)20-25-12-7-6-8-13-25/h6-8,12-14,23-24,27-33,38H,9-11,15-22,37H2,1-5H3/t24-,27-,28+,29-,30+,31+,32+,33?,35-,36+/m1/s1. The van der Waals surface area contributed by atoms with Crippen LogP contribution in [0, 0.1) is 46.3 Å². The fraction of sp³-hybridized carbons (Fsp3) is 0.750. The van der Waals surface area contributed by atoms with Gasteiger partial charge in [-0.25, -0.2) is 0 Å². The van der Waals surface area contributed by atoms with Crippen LogP contribution in [0.4, 0.5) is 0 Å². The van der Waals surface area contributed by atoms with Crippen LogP contribution in [0.5, 0.6) is 0 Å². The number of ether oxygens (including phenoxy) is 1. The van der Waals surface area contributed by atoms with Gasteiger partial charge in [0.1, 0.15) is 12.1 Å². The van der Waals surface area contributed by atoms with Gasteiger partial charge in [0.05, 0.1) is 6.10 Å². The van der Waals surface area contributed by atoms with E-state index in [1.807, 2.05) is 30.3 Å². The SMILES string of the molecule is CC(C)CCC[C@@H](C)[C@H]1CC[C@H]2[C@@H]3CC=C4C[C@@H](O)CC(OC(=O)[C@@H](N)Cc5ccccc5)[C@]4(C)[C@H]3CC[C@]12C. The Bertz CT molecular complexity index is 1050. The first-order valence-electron chi connectivity index (χ1n) is 16.4. The number of carbonyl (C=O) groups is 1. The number of aliphatic hydroxyl groups excluding tert-OH is 1. The number of nitrogens with two attached hydrogens (primary N) is 1. The molecule has 0 aliphatic heterocycles. The van der Waals surface area contributed by atoms with E-state index in [1.165, 1.54) is 50.5 Å². The van der Waals surface area contributed by atoms with Gasteiger partial charge in [0.15, 0.2) is 0 Å².